The molecule has 3 rings (SSSR count). The zero-order valence-electron chi connectivity index (χ0n) is 11.5. The summed E-state index contributed by atoms with van der Waals surface area (Å²) in [7, 11) is 0. The van der Waals surface area contributed by atoms with Gasteiger partial charge < -0.3 is 10.1 Å². The molecule has 0 spiro atoms. The fourth-order valence-corrected chi connectivity index (χ4v) is 2.20. The molecule has 0 amide bonds. The Labute approximate surface area is 122 Å². The number of ether oxygens (including phenoxy) is 1. The van der Waals surface area contributed by atoms with Crippen molar-refractivity contribution in [3.05, 3.63) is 54.5 Å². The lowest BCUT2D eigenvalue weighted by Crippen LogP contribution is -2.21. The Morgan fingerprint density at radius 1 is 1.14 bits per heavy atom. The Hall–Kier alpha value is -2.43. The third-order valence-electron chi connectivity index (χ3n) is 3.27. The molecule has 1 aromatic heterocycles. The van der Waals surface area contributed by atoms with Crippen molar-refractivity contribution in [2.24, 2.45) is 0 Å². The molecule has 1 aromatic carbocycles. The van der Waals surface area contributed by atoms with Crippen LogP contribution in [0.3, 0.4) is 0 Å². The predicted molar refractivity (Wildman–Crippen MR) is 78.9 cm³/mol. The van der Waals surface area contributed by atoms with E-state index in [4.69, 9.17) is 4.74 Å². The number of benzene rings is 1. The van der Waals surface area contributed by atoms with E-state index in [1.807, 2.05) is 0 Å². The summed E-state index contributed by atoms with van der Waals surface area (Å²) in [6, 6.07) is 7.87. The van der Waals surface area contributed by atoms with Gasteiger partial charge >= 0.3 is 0 Å². The Kier molecular flexibility index (Phi) is 4.09. The summed E-state index contributed by atoms with van der Waals surface area (Å²) in [5.74, 6) is 1.24. The first-order valence-electron chi connectivity index (χ1n) is 6.97. The van der Waals surface area contributed by atoms with Crippen molar-refractivity contribution in [3.8, 4) is 11.6 Å². The normalized spacial score (nSPS) is 17.5. The van der Waals surface area contributed by atoms with Gasteiger partial charge in [-0.3, -0.25) is 0 Å². The number of nitrogens with one attached hydrogen (secondary N) is 1. The largest absolute Gasteiger partial charge is 0.439 e. The van der Waals surface area contributed by atoms with Crippen molar-refractivity contribution in [2.75, 3.05) is 5.32 Å². The molecule has 1 aliphatic rings. The summed E-state index contributed by atoms with van der Waals surface area (Å²) in [4.78, 5) is 8.53. The first-order valence-corrected chi connectivity index (χ1v) is 6.97. The van der Waals surface area contributed by atoms with Crippen LogP contribution >= 0.6 is 0 Å². The minimum atomic E-state index is -0.294. The Bertz CT molecular complexity index is 628. The van der Waals surface area contributed by atoms with Crippen LogP contribution in [0.25, 0.3) is 0 Å². The molecule has 1 heterocycles. The van der Waals surface area contributed by atoms with E-state index >= 15 is 0 Å². The first-order chi connectivity index (χ1) is 10.3. The average molecular weight is 285 g/mol. The van der Waals surface area contributed by atoms with Crippen LogP contribution < -0.4 is 10.1 Å². The number of halogens is 1. The minimum absolute atomic E-state index is 0.294. The molecule has 1 aliphatic carbocycles. The summed E-state index contributed by atoms with van der Waals surface area (Å²) in [6.45, 7) is 0. The number of allylic oxidation sites excluding steroid dienone is 1. The Balaban J connectivity index is 1.67. The van der Waals surface area contributed by atoms with Crippen LogP contribution in [-0.2, 0) is 0 Å². The molecular weight excluding hydrogens is 269 g/mol. The van der Waals surface area contributed by atoms with Gasteiger partial charge in [-0.15, -0.1) is 0 Å². The SMILES string of the molecule is Fc1ccc(Oc2ccnc(NC3CC=CCC3)n2)cc1. The van der Waals surface area contributed by atoms with Crippen LogP contribution in [0.2, 0.25) is 0 Å². The van der Waals surface area contributed by atoms with Crippen LogP contribution in [0.5, 0.6) is 11.6 Å². The highest BCUT2D eigenvalue weighted by Crippen LogP contribution is 2.21. The van der Waals surface area contributed by atoms with Crippen LogP contribution in [0.15, 0.2) is 48.7 Å². The van der Waals surface area contributed by atoms with Gasteiger partial charge in [0.05, 0.1) is 0 Å². The highest BCUT2D eigenvalue weighted by molar-refractivity contribution is 5.32. The minimum Gasteiger partial charge on any atom is -0.439 e. The van der Waals surface area contributed by atoms with E-state index in [1.165, 1.54) is 12.1 Å². The molecule has 0 bridgehead atoms. The van der Waals surface area contributed by atoms with Gasteiger partial charge in [0.2, 0.25) is 11.8 Å². The number of anilines is 1. The maximum absolute atomic E-state index is 12.9. The van der Waals surface area contributed by atoms with Gasteiger partial charge in [0.25, 0.3) is 0 Å². The lowest BCUT2D eigenvalue weighted by Gasteiger charge is -2.19. The average Bonchev–Trinajstić information content (AvgIpc) is 2.51. The summed E-state index contributed by atoms with van der Waals surface area (Å²) >= 11 is 0. The van der Waals surface area contributed by atoms with Crippen molar-refractivity contribution in [3.63, 3.8) is 0 Å². The third-order valence-corrected chi connectivity index (χ3v) is 3.27. The number of nitrogens with zero attached hydrogens (tertiary/aromatic N) is 2. The molecule has 1 unspecified atom stereocenters. The van der Waals surface area contributed by atoms with E-state index in [1.54, 1.807) is 24.4 Å². The zero-order chi connectivity index (χ0) is 14.5. The fraction of sp³-hybridized carbons (Fsp3) is 0.250. The molecule has 0 saturated carbocycles. The van der Waals surface area contributed by atoms with E-state index < -0.39 is 0 Å². The van der Waals surface area contributed by atoms with Crippen LogP contribution in [0.1, 0.15) is 19.3 Å². The van der Waals surface area contributed by atoms with Crippen molar-refractivity contribution >= 4 is 5.95 Å². The van der Waals surface area contributed by atoms with Gasteiger partial charge in [0, 0.05) is 18.3 Å². The van der Waals surface area contributed by atoms with Crippen molar-refractivity contribution in [1.82, 2.24) is 9.97 Å². The standard InChI is InChI=1S/C16H16FN3O/c17-12-6-8-14(9-7-12)21-15-10-11-18-16(20-15)19-13-4-2-1-3-5-13/h1-2,6-11,13H,3-5H2,(H,18,19,20). The van der Waals surface area contributed by atoms with E-state index in [0.717, 1.165) is 19.3 Å². The van der Waals surface area contributed by atoms with E-state index in [0.29, 0.717) is 23.6 Å². The van der Waals surface area contributed by atoms with Gasteiger partial charge in [0.1, 0.15) is 11.6 Å². The molecule has 1 atom stereocenters. The third kappa shape index (κ3) is 3.78. The molecule has 21 heavy (non-hydrogen) atoms. The lowest BCUT2D eigenvalue weighted by molar-refractivity contribution is 0.460. The summed E-state index contributed by atoms with van der Waals surface area (Å²) < 4.78 is 18.4. The molecule has 0 fully saturated rings. The maximum Gasteiger partial charge on any atom is 0.226 e. The van der Waals surface area contributed by atoms with Crippen molar-refractivity contribution in [1.29, 1.82) is 0 Å². The topological polar surface area (TPSA) is 47.0 Å². The van der Waals surface area contributed by atoms with Gasteiger partial charge in [-0.1, -0.05) is 12.2 Å². The molecule has 4 nitrogen and oxygen atoms in total. The monoisotopic (exact) mass is 285 g/mol. The highest BCUT2D eigenvalue weighted by atomic mass is 19.1. The maximum atomic E-state index is 12.9. The summed E-state index contributed by atoms with van der Waals surface area (Å²) in [5, 5.41) is 3.30. The van der Waals surface area contributed by atoms with Crippen LogP contribution in [0.4, 0.5) is 10.3 Å². The molecule has 5 heteroatoms. The van der Waals surface area contributed by atoms with E-state index in [-0.39, 0.29) is 5.82 Å². The Morgan fingerprint density at radius 3 is 2.76 bits per heavy atom. The van der Waals surface area contributed by atoms with Gasteiger partial charge in [0.15, 0.2) is 0 Å². The molecule has 2 aromatic rings. The smallest absolute Gasteiger partial charge is 0.226 e. The second-order valence-electron chi connectivity index (χ2n) is 4.90. The van der Waals surface area contributed by atoms with Gasteiger partial charge in [-0.05, 0) is 43.5 Å². The Morgan fingerprint density at radius 2 is 2.00 bits per heavy atom. The number of rotatable bonds is 4. The van der Waals surface area contributed by atoms with Crippen molar-refractivity contribution < 1.29 is 9.13 Å². The number of hydrogen-bond acceptors (Lipinski definition) is 4. The molecular formula is C16H16FN3O. The molecule has 0 saturated heterocycles. The van der Waals surface area contributed by atoms with Crippen molar-refractivity contribution in [2.45, 2.75) is 25.3 Å². The zero-order valence-corrected chi connectivity index (χ0v) is 11.5. The lowest BCUT2D eigenvalue weighted by atomic mass is 10.0. The van der Waals surface area contributed by atoms with Crippen LogP contribution in [0, 0.1) is 5.82 Å². The fourth-order valence-electron chi connectivity index (χ4n) is 2.20. The number of aromatic nitrogens is 2. The van der Waals surface area contributed by atoms with Gasteiger partial charge in [-0.2, -0.15) is 4.98 Å². The van der Waals surface area contributed by atoms with Crippen LogP contribution in [-0.4, -0.2) is 16.0 Å². The first kappa shape index (κ1) is 13.5. The predicted octanol–water partition coefficient (Wildman–Crippen LogP) is 3.93. The van der Waals surface area contributed by atoms with E-state index in [9.17, 15) is 4.39 Å². The summed E-state index contributed by atoms with van der Waals surface area (Å²) in [5.41, 5.74) is 0. The van der Waals surface area contributed by atoms with Gasteiger partial charge in [-0.25, -0.2) is 9.37 Å². The summed E-state index contributed by atoms with van der Waals surface area (Å²) in [6.07, 6.45) is 9.12. The second-order valence-corrected chi connectivity index (χ2v) is 4.90. The highest BCUT2D eigenvalue weighted by Gasteiger charge is 2.11. The van der Waals surface area contributed by atoms with E-state index in [2.05, 4.69) is 27.4 Å². The quantitative estimate of drug-likeness (QED) is 0.865. The number of hydrogen-bond donors (Lipinski definition) is 1. The second kappa shape index (κ2) is 6.35. The molecule has 1 N–H and O–H groups in total. The molecule has 108 valence electrons. The molecule has 0 aliphatic heterocycles. The molecule has 0 radical (unpaired) electrons.